The van der Waals surface area contributed by atoms with Crippen LogP contribution >= 0.6 is 23.2 Å². The molecule has 0 saturated heterocycles. The minimum atomic E-state index is -0.0104. The van der Waals surface area contributed by atoms with Crippen LogP contribution in [0.5, 0.6) is 11.5 Å². The second-order valence-corrected chi connectivity index (χ2v) is 6.85. The number of carbonyl (C=O) groups is 1. The molecule has 4 nitrogen and oxygen atoms in total. The monoisotopic (exact) mass is 379 g/mol. The number of rotatable bonds is 6. The summed E-state index contributed by atoms with van der Waals surface area (Å²) in [5.41, 5.74) is 2.03. The minimum absolute atomic E-state index is 0.0104. The van der Waals surface area contributed by atoms with Gasteiger partial charge in [0, 0.05) is 46.6 Å². The smallest absolute Gasteiger partial charge is 0.216 e. The van der Waals surface area contributed by atoms with Gasteiger partial charge in [-0.25, -0.2) is 0 Å². The molecular formula is C19H19Cl2NO3. The summed E-state index contributed by atoms with van der Waals surface area (Å²) in [5.74, 6) is 1.85. The van der Waals surface area contributed by atoms with Crippen LogP contribution in [0.15, 0.2) is 36.4 Å². The maximum absolute atomic E-state index is 11.0. The van der Waals surface area contributed by atoms with Crippen molar-refractivity contribution in [1.29, 1.82) is 0 Å². The van der Waals surface area contributed by atoms with E-state index in [4.69, 9.17) is 32.7 Å². The first-order valence-corrected chi connectivity index (χ1v) is 8.86. The van der Waals surface area contributed by atoms with E-state index in [1.807, 2.05) is 24.3 Å². The molecule has 132 valence electrons. The van der Waals surface area contributed by atoms with Gasteiger partial charge >= 0.3 is 0 Å². The number of hydrogen-bond acceptors (Lipinski definition) is 3. The number of halogens is 2. The third-order valence-electron chi connectivity index (χ3n) is 4.14. The molecule has 0 fully saturated rings. The molecule has 3 rings (SSSR count). The summed E-state index contributed by atoms with van der Waals surface area (Å²) in [5, 5.41) is 4.01. The van der Waals surface area contributed by atoms with E-state index in [2.05, 4.69) is 5.32 Å². The zero-order valence-corrected chi connectivity index (χ0v) is 15.4. The van der Waals surface area contributed by atoms with Gasteiger partial charge in [-0.2, -0.15) is 0 Å². The number of nitrogens with one attached hydrogen (secondary N) is 1. The van der Waals surface area contributed by atoms with Gasteiger partial charge in [0.25, 0.3) is 0 Å². The SMILES string of the molecule is CC(=O)NCC[C@@H]1COc2cc(OCc3ccc(Cl)cc3Cl)ccc21. The lowest BCUT2D eigenvalue weighted by atomic mass is 9.98. The zero-order valence-electron chi connectivity index (χ0n) is 13.9. The third-order valence-corrected chi connectivity index (χ3v) is 4.73. The van der Waals surface area contributed by atoms with Crippen molar-refractivity contribution in [2.75, 3.05) is 13.2 Å². The molecule has 1 atom stereocenters. The van der Waals surface area contributed by atoms with Crippen LogP contribution in [0, 0.1) is 0 Å². The van der Waals surface area contributed by atoms with E-state index < -0.39 is 0 Å². The average Bonchev–Trinajstić information content (AvgIpc) is 2.96. The van der Waals surface area contributed by atoms with Crippen molar-refractivity contribution < 1.29 is 14.3 Å². The summed E-state index contributed by atoms with van der Waals surface area (Å²) in [7, 11) is 0. The Morgan fingerprint density at radius 1 is 1.28 bits per heavy atom. The van der Waals surface area contributed by atoms with Crippen LogP contribution in [-0.2, 0) is 11.4 Å². The predicted octanol–water partition coefficient (Wildman–Crippen LogP) is 4.57. The Morgan fingerprint density at radius 3 is 2.88 bits per heavy atom. The number of hydrogen-bond donors (Lipinski definition) is 1. The van der Waals surface area contributed by atoms with Crippen LogP contribution < -0.4 is 14.8 Å². The van der Waals surface area contributed by atoms with Gasteiger partial charge in [-0.3, -0.25) is 4.79 Å². The van der Waals surface area contributed by atoms with Gasteiger partial charge in [0.05, 0.1) is 6.61 Å². The second-order valence-electron chi connectivity index (χ2n) is 6.00. The molecule has 1 aliphatic heterocycles. The normalized spacial score (nSPS) is 15.4. The van der Waals surface area contributed by atoms with E-state index in [-0.39, 0.29) is 5.91 Å². The molecule has 1 heterocycles. The molecule has 0 aromatic heterocycles. The Hall–Kier alpha value is -1.91. The first-order chi connectivity index (χ1) is 12.0. The molecule has 2 aromatic rings. The zero-order chi connectivity index (χ0) is 17.8. The molecule has 2 aromatic carbocycles. The Kier molecular flexibility index (Phi) is 5.71. The predicted molar refractivity (Wildman–Crippen MR) is 98.8 cm³/mol. The van der Waals surface area contributed by atoms with Crippen LogP contribution in [0.25, 0.3) is 0 Å². The molecule has 25 heavy (non-hydrogen) atoms. The van der Waals surface area contributed by atoms with Crippen molar-refractivity contribution in [2.45, 2.75) is 25.9 Å². The van der Waals surface area contributed by atoms with Crippen LogP contribution in [0.1, 0.15) is 30.4 Å². The van der Waals surface area contributed by atoms with E-state index in [1.165, 1.54) is 6.92 Å². The van der Waals surface area contributed by atoms with Gasteiger partial charge < -0.3 is 14.8 Å². The van der Waals surface area contributed by atoms with Crippen molar-refractivity contribution in [2.24, 2.45) is 0 Å². The van der Waals surface area contributed by atoms with E-state index in [9.17, 15) is 4.79 Å². The highest BCUT2D eigenvalue weighted by Gasteiger charge is 2.24. The number of benzene rings is 2. The van der Waals surface area contributed by atoms with E-state index >= 15 is 0 Å². The maximum atomic E-state index is 11.0. The van der Waals surface area contributed by atoms with Gasteiger partial charge in [-0.05, 0) is 24.6 Å². The lowest BCUT2D eigenvalue weighted by Gasteiger charge is -2.11. The molecule has 1 aliphatic rings. The van der Waals surface area contributed by atoms with Gasteiger partial charge in [-0.15, -0.1) is 0 Å². The summed E-state index contributed by atoms with van der Waals surface area (Å²) in [6.45, 7) is 3.16. The fourth-order valence-corrected chi connectivity index (χ4v) is 3.27. The lowest BCUT2D eigenvalue weighted by Crippen LogP contribution is -2.22. The topological polar surface area (TPSA) is 47.6 Å². The van der Waals surface area contributed by atoms with Crippen LogP contribution in [0.2, 0.25) is 10.0 Å². The van der Waals surface area contributed by atoms with Crippen LogP contribution in [0.4, 0.5) is 0 Å². The number of fused-ring (bicyclic) bond motifs is 1. The maximum Gasteiger partial charge on any atom is 0.216 e. The molecule has 0 saturated carbocycles. The van der Waals surface area contributed by atoms with Gasteiger partial charge in [0.15, 0.2) is 0 Å². The molecule has 0 unspecified atom stereocenters. The third kappa shape index (κ3) is 4.59. The van der Waals surface area contributed by atoms with Crippen molar-refractivity contribution in [3.63, 3.8) is 0 Å². The first kappa shape index (κ1) is 17.9. The highest BCUT2D eigenvalue weighted by atomic mass is 35.5. The first-order valence-electron chi connectivity index (χ1n) is 8.11. The van der Waals surface area contributed by atoms with Crippen molar-refractivity contribution in [3.8, 4) is 11.5 Å². The molecule has 0 bridgehead atoms. The Balaban J connectivity index is 1.61. The van der Waals surface area contributed by atoms with Crippen molar-refractivity contribution in [1.82, 2.24) is 5.32 Å². The van der Waals surface area contributed by atoms with E-state index in [1.54, 1.807) is 12.1 Å². The number of amides is 1. The Morgan fingerprint density at radius 2 is 2.12 bits per heavy atom. The van der Waals surface area contributed by atoms with E-state index in [0.717, 1.165) is 29.0 Å². The molecule has 1 N–H and O–H groups in total. The minimum Gasteiger partial charge on any atom is -0.493 e. The van der Waals surface area contributed by atoms with Gasteiger partial charge in [0.1, 0.15) is 18.1 Å². The molecule has 0 aliphatic carbocycles. The molecule has 0 radical (unpaired) electrons. The second kappa shape index (κ2) is 7.98. The fraction of sp³-hybridized carbons (Fsp3) is 0.316. The average molecular weight is 380 g/mol. The van der Waals surface area contributed by atoms with Crippen molar-refractivity contribution in [3.05, 3.63) is 57.6 Å². The Labute approximate surface area is 157 Å². The molecule has 1 amide bonds. The number of ether oxygens (including phenoxy) is 2. The summed E-state index contributed by atoms with van der Waals surface area (Å²) < 4.78 is 11.6. The Bertz CT molecular complexity index is 779. The van der Waals surface area contributed by atoms with Crippen molar-refractivity contribution >= 4 is 29.1 Å². The largest absolute Gasteiger partial charge is 0.493 e. The molecule has 6 heteroatoms. The van der Waals surface area contributed by atoms with E-state index in [0.29, 0.717) is 35.7 Å². The summed E-state index contributed by atoms with van der Waals surface area (Å²) in [6, 6.07) is 11.2. The standard InChI is InChI=1S/C19H19Cl2NO3/c1-12(23)22-7-6-13-10-25-19-9-16(4-5-17(13)19)24-11-14-2-3-15(20)8-18(14)21/h2-5,8-9,13H,6-7,10-11H2,1H3,(H,22,23)/t13-/m1/s1. The summed E-state index contributed by atoms with van der Waals surface area (Å²) in [6.07, 6.45) is 0.854. The molecular weight excluding hydrogens is 361 g/mol. The van der Waals surface area contributed by atoms with Gasteiger partial charge in [0.2, 0.25) is 5.91 Å². The molecule has 0 spiro atoms. The quantitative estimate of drug-likeness (QED) is 0.799. The number of carbonyl (C=O) groups excluding carboxylic acids is 1. The highest BCUT2D eigenvalue weighted by Crippen LogP contribution is 2.38. The highest BCUT2D eigenvalue weighted by molar-refractivity contribution is 6.35. The summed E-state index contributed by atoms with van der Waals surface area (Å²) in [4.78, 5) is 11.0. The van der Waals surface area contributed by atoms with Gasteiger partial charge in [-0.1, -0.05) is 35.3 Å². The fourth-order valence-electron chi connectivity index (χ4n) is 2.81. The lowest BCUT2D eigenvalue weighted by molar-refractivity contribution is -0.118. The van der Waals surface area contributed by atoms with Crippen LogP contribution in [0.3, 0.4) is 0 Å². The summed E-state index contributed by atoms with van der Waals surface area (Å²) >= 11 is 12.1. The van der Waals surface area contributed by atoms with Crippen LogP contribution in [-0.4, -0.2) is 19.1 Å².